The molecule has 1 unspecified atom stereocenters. The van der Waals surface area contributed by atoms with Crippen molar-refractivity contribution in [2.75, 3.05) is 13.1 Å². The molecule has 2 N–H and O–H groups in total. The smallest absolute Gasteiger partial charge is 0.0692 e. The van der Waals surface area contributed by atoms with E-state index in [4.69, 9.17) is 0 Å². The van der Waals surface area contributed by atoms with E-state index in [0.717, 1.165) is 31.8 Å². The Hall–Kier alpha value is -0.940. The number of aliphatic hydroxyl groups is 1. The number of nitrogens with one attached hydrogen (secondary N) is 1. The number of hydrogen-bond donors (Lipinski definition) is 2. The Kier molecular flexibility index (Phi) is 5.61. The number of nitrogens with zero attached hydrogens (tertiary/aromatic N) is 3. The monoisotopic (exact) mass is 252 g/mol. The van der Waals surface area contributed by atoms with Crippen LogP contribution in [0.4, 0.5) is 0 Å². The van der Waals surface area contributed by atoms with Gasteiger partial charge in [0, 0.05) is 19.3 Å². The lowest BCUT2D eigenvalue weighted by Crippen LogP contribution is -2.29. The van der Waals surface area contributed by atoms with E-state index < -0.39 is 0 Å². The summed E-state index contributed by atoms with van der Waals surface area (Å²) in [7, 11) is 0. The van der Waals surface area contributed by atoms with Gasteiger partial charge in [0.05, 0.1) is 12.3 Å². The van der Waals surface area contributed by atoms with E-state index in [1.807, 2.05) is 10.9 Å². The van der Waals surface area contributed by atoms with Crippen molar-refractivity contribution in [2.24, 2.45) is 5.92 Å². The highest BCUT2D eigenvalue weighted by molar-refractivity contribution is 4.72. The molecule has 0 bridgehead atoms. The van der Waals surface area contributed by atoms with Crippen molar-refractivity contribution < 1.29 is 5.11 Å². The van der Waals surface area contributed by atoms with Crippen molar-refractivity contribution in [1.29, 1.82) is 0 Å². The molecule has 0 saturated heterocycles. The average Bonchev–Trinajstić information content (AvgIpc) is 3.01. The Labute approximate surface area is 109 Å². The molecule has 102 valence electrons. The molecule has 0 aliphatic heterocycles. The molecule has 0 aromatic carbocycles. The lowest BCUT2D eigenvalue weighted by atomic mass is 10.0. The molecule has 1 heterocycles. The van der Waals surface area contributed by atoms with Crippen LogP contribution in [-0.4, -0.2) is 39.3 Å². The molecule has 1 aromatic rings. The lowest BCUT2D eigenvalue weighted by molar-refractivity contribution is 0.140. The highest BCUT2D eigenvalue weighted by Gasteiger charge is 2.18. The van der Waals surface area contributed by atoms with Crippen LogP contribution < -0.4 is 5.32 Å². The van der Waals surface area contributed by atoms with Gasteiger partial charge in [0.25, 0.3) is 0 Å². The highest BCUT2D eigenvalue weighted by Crippen LogP contribution is 2.28. The van der Waals surface area contributed by atoms with Crippen molar-refractivity contribution in [3.8, 4) is 0 Å². The molecule has 5 heteroatoms. The molecule has 2 rings (SSSR count). The first-order valence-corrected chi connectivity index (χ1v) is 7.07. The van der Waals surface area contributed by atoms with Crippen LogP contribution in [-0.2, 0) is 6.54 Å². The number of aromatic nitrogens is 3. The van der Waals surface area contributed by atoms with Gasteiger partial charge in [0.1, 0.15) is 0 Å². The first-order valence-electron chi connectivity index (χ1n) is 7.07. The maximum absolute atomic E-state index is 9.90. The van der Waals surface area contributed by atoms with Crippen LogP contribution in [0.15, 0.2) is 12.4 Å². The van der Waals surface area contributed by atoms with Crippen LogP contribution in [0.1, 0.15) is 38.5 Å². The summed E-state index contributed by atoms with van der Waals surface area (Å²) in [4.78, 5) is 0. The zero-order valence-corrected chi connectivity index (χ0v) is 11.0. The fourth-order valence-corrected chi connectivity index (χ4v) is 2.70. The number of rotatable bonds is 8. The summed E-state index contributed by atoms with van der Waals surface area (Å²) in [5, 5.41) is 20.9. The molecule has 5 nitrogen and oxygen atoms in total. The van der Waals surface area contributed by atoms with E-state index >= 15 is 0 Å². The Bertz CT molecular complexity index is 309. The van der Waals surface area contributed by atoms with E-state index in [0.29, 0.717) is 6.54 Å². The minimum absolute atomic E-state index is 0.181. The minimum atomic E-state index is -0.181. The molecule has 0 radical (unpaired) electrons. The second kappa shape index (κ2) is 7.48. The van der Waals surface area contributed by atoms with Gasteiger partial charge in [0.2, 0.25) is 0 Å². The molecule has 1 aliphatic rings. The Morgan fingerprint density at radius 3 is 2.94 bits per heavy atom. The van der Waals surface area contributed by atoms with Crippen LogP contribution in [0.2, 0.25) is 0 Å². The molecular formula is C13H24N4O. The van der Waals surface area contributed by atoms with Crippen LogP contribution >= 0.6 is 0 Å². The Balaban J connectivity index is 1.47. The second-order valence-corrected chi connectivity index (χ2v) is 5.26. The predicted octanol–water partition coefficient (Wildman–Crippen LogP) is 1.20. The molecule has 18 heavy (non-hydrogen) atoms. The minimum Gasteiger partial charge on any atom is -0.392 e. The van der Waals surface area contributed by atoms with Gasteiger partial charge in [0.15, 0.2) is 0 Å². The summed E-state index contributed by atoms with van der Waals surface area (Å²) in [6.07, 6.45) is 10.7. The quantitative estimate of drug-likeness (QED) is 0.682. The number of aliphatic hydroxyl groups excluding tert-OH is 1. The average molecular weight is 252 g/mol. The Morgan fingerprint density at radius 1 is 1.39 bits per heavy atom. The van der Waals surface area contributed by atoms with E-state index in [1.54, 1.807) is 6.20 Å². The molecule has 1 atom stereocenters. The highest BCUT2D eigenvalue weighted by atomic mass is 16.3. The van der Waals surface area contributed by atoms with E-state index in [2.05, 4.69) is 15.6 Å². The fraction of sp³-hybridized carbons (Fsp3) is 0.846. The second-order valence-electron chi connectivity index (χ2n) is 5.26. The van der Waals surface area contributed by atoms with E-state index in [9.17, 15) is 5.11 Å². The third-order valence-corrected chi connectivity index (χ3v) is 3.67. The normalized spacial score (nSPS) is 18.3. The largest absolute Gasteiger partial charge is 0.392 e. The zero-order valence-electron chi connectivity index (χ0n) is 11.0. The topological polar surface area (TPSA) is 63.0 Å². The SMILES string of the molecule is OC(CNCCCn1ccnn1)CC1CCCC1. The van der Waals surface area contributed by atoms with Crippen LogP contribution in [0.25, 0.3) is 0 Å². The molecule has 1 saturated carbocycles. The summed E-state index contributed by atoms with van der Waals surface area (Å²) >= 11 is 0. The van der Waals surface area contributed by atoms with Crippen molar-refractivity contribution >= 4 is 0 Å². The van der Waals surface area contributed by atoms with Gasteiger partial charge in [-0.25, -0.2) is 0 Å². The van der Waals surface area contributed by atoms with Gasteiger partial charge in [-0.3, -0.25) is 4.68 Å². The van der Waals surface area contributed by atoms with Crippen molar-refractivity contribution in [3.63, 3.8) is 0 Å². The van der Waals surface area contributed by atoms with Gasteiger partial charge < -0.3 is 10.4 Å². The van der Waals surface area contributed by atoms with Crippen molar-refractivity contribution in [2.45, 2.75) is 51.2 Å². The standard InChI is InChI=1S/C13H24N4O/c18-13(10-12-4-1-2-5-12)11-14-6-3-8-17-9-7-15-16-17/h7,9,12-14,18H,1-6,8,10-11H2. The van der Waals surface area contributed by atoms with Gasteiger partial charge in [-0.1, -0.05) is 30.9 Å². The predicted molar refractivity (Wildman–Crippen MR) is 70.1 cm³/mol. The van der Waals surface area contributed by atoms with Gasteiger partial charge >= 0.3 is 0 Å². The fourth-order valence-electron chi connectivity index (χ4n) is 2.70. The first kappa shape index (κ1) is 13.5. The van der Waals surface area contributed by atoms with Crippen molar-refractivity contribution in [3.05, 3.63) is 12.4 Å². The van der Waals surface area contributed by atoms with Gasteiger partial charge in [-0.05, 0) is 25.3 Å². The van der Waals surface area contributed by atoms with Gasteiger partial charge in [-0.15, -0.1) is 5.10 Å². The summed E-state index contributed by atoms with van der Waals surface area (Å²) in [5.41, 5.74) is 0. The van der Waals surface area contributed by atoms with Crippen LogP contribution in [0.5, 0.6) is 0 Å². The van der Waals surface area contributed by atoms with Gasteiger partial charge in [-0.2, -0.15) is 0 Å². The summed E-state index contributed by atoms with van der Waals surface area (Å²) in [5.74, 6) is 0.761. The number of aryl methyl sites for hydroxylation is 1. The lowest BCUT2D eigenvalue weighted by Gasteiger charge is -2.15. The third-order valence-electron chi connectivity index (χ3n) is 3.67. The van der Waals surface area contributed by atoms with E-state index in [1.165, 1.54) is 25.7 Å². The maximum atomic E-state index is 9.90. The third kappa shape index (κ3) is 4.74. The summed E-state index contributed by atoms with van der Waals surface area (Å²) in [6, 6.07) is 0. The molecule has 1 fully saturated rings. The van der Waals surface area contributed by atoms with Crippen LogP contribution in [0, 0.1) is 5.92 Å². The Morgan fingerprint density at radius 2 is 2.22 bits per heavy atom. The molecule has 0 amide bonds. The van der Waals surface area contributed by atoms with Crippen molar-refractivity contribution in [1.82, 2.24) is 20.3 Å². The molecule has 1 aliphatic carbocycles. The van der Waals surface area contributed by atoms with Crippen LogP contribution in [0.3, 0.4) is 0 Å². The summed E-state index contributed by atoms with van der Waals surface area (Å²) in [6.45, 7) is 2.52. The molecule has 0 spiro atoms. The number of hydrogen-bond acceptors (Lipinski definition) is 4. The molecular weight excluding hydrogens is 228 g/mol. The zero-order chi connectivity index (χ0) is 12.6. The van der Waals surface area contributed by atoms with E-state index in [-0.39, 0.29) is 6.10 Å². The molecule has 1 aromatic heterocycles. The first-order chi connectivity index (χ1) is 8.84. The summed E-state index contributed by atoms with van der Waals surface area (Å²) < 4.78 is 1.83. The maximum Gasteiger partial charge on any atom is 0.0692 e.